The van der Waals surface area contributed by atoms with Crippen LogP contribution < -0.4 is 10.1 Å². The molecule has 1 aliphatic carbocycles. The topological polar surface area (TPSA) is 62.1 Å². The molecule has 20 heavy (non-hydrogen) atoms. The Morgan fingerprint density at radius 2 is 2.20 bits per heavy atom. The van der Waals surface area contributed by atoms with Gasteiger partial charge < -0.3 is 10.1 Å². The maximum Gasteiger partial charge on any atom is 0.225 e. The number of methoxy groups -OCH3 is 1. The van der Waals surface area contributed by atoms with Crippen molar-refractivity contribution >= 4 is 17.5 Å². The Balaban J connectivity index is 2.08. The first kappa shape index (κ1) is 14.7. The van der Waals surface area contributed by atoms with Crippen molar-refractivity contribution < 1.29 is 9.53 Å². The molecule has 0 atom stereocenters. The van der Waals surface area contributed by atoms with E-state index in [1.165, 1.54) is 0 Å². The SMILES string of the molecule is COc1ccc(Cl)cc1CC(=O)NC1(C#N)CCCC1. The number of nitrogens with one attached hydrogen (secondary N) is 1. The van der Waals surface area contributed by atoms with Gasteiger partial charge in [-0.15, -0.1) is 0 Å². The van der Waals surface area contributed by atoms with Crippen LogP contribution in [0.3, 0.4) is 0 Å². The molecule has 0 radical (unpaired) electrons. The minimum Gasteiger partial charge on any atom is -0.496 e. The van der Waals surface area contributed by atoms with Gasteiger partial charge in [0.1, 0.15) is 11.3 Å². The number of ether oxygens (including phenoxy) is 1. The van der Waals surface area contributed by atoms with Gasteiger partial charge in [0.15, 0.2) is 0 Å². The van der Waals surface area contributed by atoms with E-state index in [2.05, 4.69) is 11.4 Å². The Labute approximate surface area is 123 Å². The largest absolute Gasteiger partial charge is 0.496 e. The zero-order chi connectivity index (χ0) is 14.6. The van der Waals surface area contributed by atoms with Gasteiger partial charge in [-0.2, -0.15) is 5.26 Å². The van der Waals surface area contributed by atoms with Crippen LogP contribution in [0.25, 0.3) is 0 Å². The van der Waals surface area contributed by atoms with Crippen molar-refractivity contribution in [3.05, 3.63) is 28.8 Å². The molecule has 1 saturated carbocycles. The lowest BCUT2D eigenvalue weighted by molar-refractivity contribution is -0.121. The van der Waals surface area contributed by atoms with Crippen molar-refractivity contribution in [2.24, 2.45) is 0 Å². The highest BCUT2D eigenvalue weighted by molar-refractivity contribution is 6.30. The standard InChI is InChI=1S/C15H17ClN2O2/c1-20-13-5-4-12(16)8-11(13)9-14(19)18-15(10-17)6-2-3-7-15/h4-5,8H,2-3,6-7,9H2,1H3,(H,18,19). The number of rotatable bonds is 4. The molecule has 5 heteroatoms. The van der Waals surface area contributed by atoms with E-state index >= 15 is 0 Å². The molecule has 1 fully saturated rings. The summed E-state index contributed by atoms with van der Waals surface area (Å²) in [5.74, 6) is 0.455. The Kier molecular flexibility index (Phi) is 4.51. The van der Waals surface area contributed by atoms with Crippen molar-refractivity contribution in [2.75, 3.05) is 7.11 Å². The normalized spacial score (nSPS) is 16.4. The number of carbonyl (C=O) groups excluding carboxylic acids is 1. The number of hydrogen-bond donors (Lipinski definition) is 1. The number of amides is 1. The molecule has 1 amide bonds. The molecule has 0 saturated heterocycles. The van der Waals surface area contributed by atoms with Gasteiger partial charge in [-0.1, -0.05) is 11.6 Å². The summed E-state index contributed by atoms with van der Waals surface area (Å²) in [6.07, 6.45) is 3.57. The van der Waals surface area contributed by atoms with E-state index in [1.54, 1.807) is 25.3 Å². The van der Waals surface area contributed by atoms with Crippen molar-refractivity contribution in [3.8, 4) is 11.8 Å². The van der Waals surface area contributed by atoms with E-state index in [1.807, 2.05) is 0 Å². The summed E-state index contributed by atoms with van der Waals surface area (Å²) in [6, 6.07) is 7.42. The van der Waals surface area contributed by atoms with Gasteiger partial charge in [-0.05, 0) is 43.9 Å². The summed E-state index contributed by atoms with van der Waals surface area (Å²) in [5.41, 5.74) is 0.0340. The first-order valence-electron chi connectivity index (χ1n) is 6.63. The maximum atomic E-state index is 12.2. The predicted octanol–water partition coefficient (Wildman–Crippen LogP) is 2.84. The third-order valence-corrected chi connectivity index (χ3v) is 3.88. The molecule has 0 bridgehead atoms. The van der Waals surface area contributed by atoms with Crippen LogP contribution in [0.1, 0.15) is 31.2 Å². The Morgan fingerprint density at radius 3 is 2.80 bits per heavy atom. The number of carbonyl (C=O) groups is 1. The summed E-state index contributed by atoms with van der Waals surface area (Å²) in [7, 11) is 1.55. The van der Waals surface area contributed by atoms with Crippen LogP contribution in [0.15, 0.2) is 18.2 Å². The van der Waals surface area contributed by atoms with Crippen LogP contribution in [0.2, 0.25) is 5.02 Å². The Bertz CT molecular complexity index is 545. The lowest BCUT2D eigenvalue weighted by Gasteiger charge is -2.22. The van der Waals surface area contributed by atoms with Crippen LogP contribution in [0.4, 0.5) is 0 Å². The smallest absolute Gasteiger partial charge is 0.225 e. The lowest BCUT2D eigenvalue weighted by Crippen LogP contribution is -2.45. The molecule has 0 aromatic heterocycles. The van der Waals surface area contributed by atoms with Gasteiger partial charge in [0.25, 0.3) is 0 Å². The Hall–Kier alpha value is -1.73. The molecule has 0 spiro atoms. The molecule has 106 valence electrons. The number of hydrogen-bond acceptors (Lipinski definition) is 3. The minimum atomic E-state index is -0.692. The van der Waals surface area contributed by atoms with E-state index in [0.29, 0.717) is 10.8 Å². The molecule has 1 aromatic rings. The monoisotopic (exact) mass is 292 g/mol. The number of halogens is 1. The number of benzene rings is 1. The van der Waals surface area contributed by atoms with Gasteiger partial charge >= 0.3 is 0 Å². The summed E-state index contributed by atoms with van der Waals surface area (Å²) in [5, 5.41) is 12.7. The van der Waals surface area contributed by atoms with E-state index < -0.39 is 5.54 Å². The fourth-order valence-electron chi connectivity index (χ4n) is 2.61. The summed E-state index contributed by atoms with van der Waals surface area (Å²) in [6.45, 7) is 0. The van der Waals surface area contributed by atoms with Crippen LogP contribution >= 0.6 is 11.6 Å². The quantitative estimate of drug-likeness (QED) is 0.928. The van der Waals surface area contributed by atoms with Crippen LogP contribution in [-0.2, 0) is 11.2 Å². The highest BCUT2D eigenvalue weighted by Crippen LogP contribution is 2.29. The zero-order valence-electron chi connectivity index (χ0n) is 11.4. The average Bonchev–Trinajstić information content (AvgIpc) is 2.88. The molecule has 0 heterocycles. The van der Waals surface area contributed by atoms with Crippen molar-refractivity contribution in [2.45, 2.75) is 37.6 Å². The van der Waals surface area contributed by atoms with Crippen LogP contribution in [-0.4, -0.2) is 18.6 Å². The number of nitriles is 1. The molecule has 0 unspecified atom stereocenters. The fourth-order valence-corrected chi connectivity index (χ4v) is 2.81. The Morgan fingerprint density at radius 1 is 1.50 bits per heavy atom. The average molecular weight is 293 g/mol. The second-order valence-corrected chi connectivity index (χ2v) is 5.52. The second-order valence-electron chi connectivity index (χ2n) is 5.08. The highest BCUT2D eigenvalue weighted by atomic mass is 35.5. The third kappa shape index (κ3) is 3.23. The van der Waals surface area contributed by atoms with Crippen molar-refractivity contribution in [3.63, 3.8) is 0 Å². The summed E-state index contributed by atoms with van der Waals surface area (Å²) >= 11 is 5.94. The van der Waals surface area contributed by atoms with Gasteiger partial charge in [0, 0.05) is 10.6 Å². The lowest BCUT2D eigenvalue weighted by atomic mass is 9.99. The van der Waals surface area contributed by atoms with Gasteiger partial charge in [-0.3, -0.25) is 4.79 Å². The predicted molar refractivity (Wildman–Crippen MR) is 76.7 cm³/mol. The van der Waals surface area contributed by atoms with Gasteiger partial charge in [0.05, 0.1) is 19.6 Å². The minimum absolute atomic E-state index is 0.160. The fraction of sp³-hybridized carbons (Fsp3) is 0.467. The number of nitrogens with zero attached hydrogens (tertiary/aromatic N) is 1. The molecule has 1 aromatic carbocycles. The van der Waals surface area contributed by atoms with Crippen molar-refractivity contribution in [1.82, 2.24) is 5.32 Å². The van der Waals surface area contributed by atoms with E-state index in [0.717, 1.165) is 31.2 Å². The van der Waals surface area contributed by atoms with Crippen LogP contribution in [0.5, 0.6) is 5.75 Å². The van der Waals surface area contributed by atoms with Gasteiger partial charge in [-0.25, -0.2) is 0 Å². The zero-order valence-corrected chi connectivity index (χ0v) is 12.2. The van der Waals surface area contributed by atoms with E-state index in [4.69, 9.17) is 16.3 Å². The maximum absolute atomic E-state index is 12.2. The molecule has 2 rings (SSSR count). The first-order valence-corrected chi connectivity index (χ1v) is 7.01. The third-order valence-electron chi connectivity index (χ3n) is 3.64. The molecular formula is C15H17ClN2O2. The molecule has 1 aliphatic rings. The van der Waals surface area contributed by atoms with Gasteiger partial charge in [0.2, 0.25) is 5.91 Å². The van der Waals surface area contributed by atoms with Crippen molar-refractivity contribution in [1.29, 1.82) is 5.26 Å². The molecule has 0 aliphatic heterocycles. The molecular weight excluding hydrogens is 276 g/mol. The van der Waals surface area contributed by atoms with E-state index in [9.17, 15) is 10.1 Å². The first-order chi connectivity index (χ1) is 9.58. The summed E-state index contributed by atoms with van der Waals surface area (Å²) < 4.78 is 5.22. The highest BCUT2D eigenvalue weighted by Gasteiger charge is 2.35. The second kappa shape index (κ2) is 6.15. The summed E-state index contributed by atoms with van der Waals surface area (Å²) in [4.78, 5) is 12.2. The van der Waals surface area contributed by atoms with E-state index in [-0.39, 0.29) is 12.3 Å². The molecule has 4 nitrogen and oxygen atoms in total. The van der Waals surface area contributed by atoms with Crippen LogP contribution in [0, 0.1) is 11.3 Å². The molecule has 1 N–H and O–H groups in total.